The summed E-state index contributed by atoms with van der Waals surface area (Å²) in [6.45, 7) is 0. The van der Waals surface area contributed by atoms with E-state index in [9.17, 15) is 16.8 Å². The van der Waals surface area contributed by atoms with Crippen LogP contribution in [0.3, 0.4) is 0 Å². The van der Waals surface area contributed by atoms with Crippen LogP contribution in [0.5, 0.6) is 0 Å². The first kappa shape index (κ1) is 9.56. The van der Waals surface area contributed by atoms with E-state index in [2.05, 4.69) is 0 Å². The summed E-state index contributed by atoms with van der Waals surface area (Å²) >= 11 is 0. The molecule has 0 rings (SSSR count). The van der Waals surface area contributed by atoms with E-state index in [1.807, 2.05) is 0 Å². The van der Waals surface area contributed by atoms with E-state index in [1.165, 1.54) is 0 Å². The molecule has 0 bridgehead atoms. The van der Waals surface area contributed by atoms with E-state index in [4.69, 9.17) is 9.11 Å². The largest absolute Gasteiger partial charge is 0.288 e. The van der Waals surface area contributed by atoms with Gasteiger partial charge in [-0.3, -0.25) is 9.11 Å². The monoisotopic (exact) mass is 188 g/mol. The van der Waals surface area contributed by atoms with Crippen molar-refractivity contribution in [2.75, 3.05) is 0 Å². The quantitative estimate of drug-likeness (QED) is 0.551. The molecule has 0 aliphatic rings. The highest BCUT2D eigenvalue weighted by Crippen LogP contribution is 1.89. The number of hydrogen-bond donors (Lipinski definition) is 2. The third kappa shape index (κ3) is 7.56. The fraction of sp³-hybridized carbons (Fsp3) is 0. The topological polar surface area (TPSA) is 109 Å². The second kappa shape index (κ2) is 2.66. The van der Waals surface area contributed by atoms with Crippen molar-refractivity contribution in [2.45, 2.75) is 0 Å². The lowest BCUT2D eigenvalue weighted by molar-refractivity contribution is 0.488. The molecule has 8 heteroatoms. The lowest BCUT2D eigenvalue weighted by Crippen LogP contribution is -1.94. The SMILES string of the molecule is O=S(=O)(O)/C=C/S(=O)(=O)O. The van der Waals surface area contributed by atoms with Crippen molar-refractivity contribution in [2.24, 2.45) is 0 Å². The summed E-state index contributed by atoms with van der Waals surface area (Å²) in [4.78, 5) is 0. The first-order valence-electron chi connectivity index (χ1n) is 1.84. The highest BCUT2D eigenvalue weighted by atomic mass is 32.2. The van der Waals surface area contributed by atoms with Crippen LogP contribution in [0.1, 0.15) is 0 Å². The Hall–Kier alpha value is -0.440. The summed E-state index contributed by atoms with van der Waals surface area (Å²) in [6.07, 6.45) is 0. The van der Waals surface area contributed by atoms with Gasteiger partial charge in [-0.25, -0.2) is 0 Å². The summed E-state index contributed by atoms with van der Waals surface area (Å²) < 4.78 is 54.9. The van der Waals surface area contributed by atoms with Crippen LogP contribution in [-0.2, 0) is 20.2 Å². The zero-order valence-corrected chi connectivity index (χ0v) is 6.13. The van der Waals surface area contributed by atoms with Gasteiger partial charge in [-0.2, -0.15) is 16.8 Å². The van der Waals surface area contributed by atoms with Gasteiger partial charge in [0.25, 0.3) is 20.2 Å². The maximum Gasteiger partial charge on any atom is 0.288 e. The van der Waals surface area contributed by atoms with Gasteiger partial charge in [0.1, 0.15) is 0 Å². The normalized spacial score (nSPS) is 14.2. The first-order valence-corrected chi connectivity index (χ1v) is 4.84. The Bertz CT molecular complexity index is 283. The summed E-state index contributed by atoms with van der Waals surface area (Å²) in [5, 5.41) is -0.0787. The van der Waals surface area contributed by atoms with Crippen molar-refractivity contribution in [3.05, 3.63) is 10.8 Å². The molecule has 0 aromatic heterocycles. The Kier molecular flexibility index (Phi) is 2.54. The van der Waals surface area contributed by atoms with Crippen LogP contribution in [0.2, 0.25) is 0 Å². The Morgan fingerprint density at radius 3 is 1.10 bits per heavy atom. The second-order valence-corrected chi connectivity index (χ2v) is 3.91. The number of hydrogen-bond acceptors (Lipinski definition) is 4. The molecule has 0 aliphatic heterocycles. The molecule has 0 saturated heterocycles. The Balaban J connectivity index is 4.64. The van der Waals surface area contributed by atoms with Crippen molar-refractivity contribution >= 4 is 20.2 Å². The molecule has 0 radical (unpaired) electrons. The van der Waals surface area contributed by atoms with Gasteiger partial charge in [-0.1, -0.05) is 0 Å². The van der Waals surface area contributed by atoms with Gasteiger partial charge < -0.3 is 0 Å². The summed E-state index contributed by atoms with van der Waals surface area (Å²) in [5.74, 6) is 0. The highest BCUT2D eigenvalue weighted by Gasteiger charge is 2.01. The molecular weight excluding hydrogens is 184 g/mol. The maximum atomic E-state index is 9.77. The molecule has 0 aromatic rings. The van der Waals surface area contributed by atoms with Gasteiger partial charge in [0.15, 0.2) is 0 Å². The smallest absolute Gasteiger partial charge is 0.282 e. The Morgan fingerprint density at radius 2 is 1.00 bits per heavy atom. The average Bonchev–Trinajstić information content (AvgIpc) is 1.57. The Morgan fingerprint density at radius 1 is 0.800 bits per heavy atom. The fourth-order valence-corrected chi connectivity index (χ4v) is 1.26. The van der Waals surface area contributed by atoms with Crippen LogP contribution < -0.4 is 0 Å². The van der Waals surface area contributed by atoms with E-state index in [0.29, 0.717) is 0 Å². The molecule has 0 spiro atoms. The van der Waals surface area contributed by atoms with Gasteiger partial charge in [-0.05, 0) is 0 Å². The molecule has 0 saturated carbocycles. The lowest BCUT2D eigenvalue weighted by Gasteiger charge is -1.82. The van der Waals surface area contributed by atoms with Gasteiger partial charge in [0.05, 0.1) is 10.8 Å². The first-order chi connectivity index (χ1) is 4.21. The summed E-state index contributed by atoms with van der Waals surface area (Å²) in [7, 11) is -8.95. The van der Waals surface area contributed by atoms with E-state index in [1.54, 1.807) is 0 Å². The maximum absolute atomic E-state index is 9.77. The van der Waals surface area contributed by atoms with Crippen molar-refractivity contribution < 1.29 is 25.9 Å². The minimum absolute atomic E-state index is 0.0394. The minimum Gasteiger partial charge on any atom is -0.282 e. The van der Waals surface area contributed by atoms with Gasteiger partial charge >= 0.3 is 0 Å². The van der Waals surface area contributed by atoms with Gasteiger partial charge in [-0.15, -0.1) is 0 Å². The lowest BCUT2D eigenvalue weighted by atomic mass is 11.3. The molecule has 2 N–H and O–H groups in total. The highest BCUT2D eigenvalue weighted by molar-refractivity contribution is 7.92. The van der Waals surface area contributed by atoms with Crippen molar-refractivity contribution in [3.8, 4) is 0 Å². The predicted octanol–water partition coefficient (Wildman–Crippen LogP) is -0.767. The number of rotatable bonds is 2. The van der Waals surface area contributed by atoms with E-state index in [0.717, 1.165) is 0 Å². The molecule has 0 aliphatic carbocycles. The standard InChI is InChI=1S/C2H4O6S2/c3-9(4,5)1-2-10(6,7)8/h1-2H,(H,3,4,5)(H,6,7,8)/b2-1+. The molecule has 0 atom stereocenters. The zero-order chi connectivity index (χ0) is 8.41. The Labute approximate surface area is 57.7 Å². The molecule has 6 nitrogen and oxygen atoms in total. The van der Waals surface area contributed by atoms with Crippen LogP contribution in [0.25, 0.3) is 0 Å². The van der Waals surface area contributed by atoms with Gasteiger partial charge in [0.2, 0.25) is 0 Å². The second-order valence-electron chi connectivity index (χ2n) is 1.30. The molecule has 0 amide bonds. The molecule has 0 unspecified atom stereocenters. The van der Waals surface area contributed by atoms with E-state index < -0.39 is 20.2 Å². The van der Waals surface area contributed by atoms with Crippen LogP contribution in [0.15, 0.2) is 10.8 Å². The predicted molar refractivity (Wildman–Crippen MR) is 32.2 cm³/mol. The third-order valence-electron chi connectivity index (χ3n) is 0.399. The van der Waals surface area contributed by atoms with Crippen LogP contribution >= 0.6 is 0 Å². The molecule has 0 fully saturated rings. The molecule has 10 heavy (non-hydrogen) atoms. The van der Waals surface area contributed by atoms with Crippen molar-refractivity contribution in [3.63, 3.8) is 0 Å². The van der Waals surface area contributed by atoms with Crippen LogP contribution in [0.4, 0.5) is 0 Å². The third-order valence-corrected chi connectivity index (χ3v) is 1.53. The van der Waals surface area contributed by atoms with E-state index >= 15 is 0 Å². The van der Waals surface area contributed by atoms with Crippen LogP contribution in [0, 0.1) is 0 Å². The molecule has 60 valence electrons. The minimum atomic E-state index is -4.48. The fourth-order valence-electron chi connectivity index (χ4n) is 0.140. The van der Waals surface area contributed by atoms with Crippen molar-refractivity contribution in [1.29, 1.82) is 0 Å². The molecule has 0 heterocycles. The summed E-state index contributed by atoms with van der Waals surface area (Å²) in [5.41, 5.74) is 0. The van der Waals surface area contributed by atoms with Crippen LogP contribution in [-0.4, -0.2) is 25.9 Å². The van der Waals surface area contributed by atoms with E-state index in [-0.39, 0.29) is 10.8 Å². The molecule has 0 aromatic carbocycles. The van der Waals surface area contributed by atoms with Gasteiger partial charge in [0, 0.05) is 0 Å². The van der Waals surface area contributed by atoms with Crippen molar-refractivity contribution in [1.82, 2.24) is 0 Å². The molecular formula is C2H4O6S2. The average molecular weight is 188 g/mol. The zero-order valence-electron chi connectivity index (χ0n) is 4.50. The summed E-state index contributed by atoms with van der Waals surface area (Å²) in [6, 6.07) is 0.